The molecular formula is C22H23N3O2. The van der Waals surface area contributed by atoms with Gasteiger partial charge in [0.2, 0.25) is 0 Å². The highest BCUT2D eigenvalue weighted by atomic mass is 16.4. The second-order valence-corrected chi connectivity index (χ2v) is 6.97. The molecule has 5 heteroatoms. The molecule has 1 aliphatic heterocycles. The minimum Gasteiger partial charge on any atom is -0.480 e. The number of rotatable bonds is 5. The van der Waals surface area contributed by atoms with Crippen molar-refractivity contribution in [2.24, 2.45) is 0 Å². The Labute approximate surface area is 158 Å². The lowest BCUT2D eigenvalue weighted by Gasteiger charge is -2.32. The molecule has 1 aromatic heterocycles. The Kier molecular flexibility index (Phi) is 5.03. The quantitative estimate of drug-likeness (QED) is 0.747. The van der Waals surface area contributed by atoms with Gasteiger partial charge < -0.3 is 5.11 Å². The first-order valence-corrected chi connectivity index (χ1v) is 9.38. The summed E-state index contributed by atoms with van der Waals surface area (Å²) in [6.07, 6.45) is 4.76. The summed E-state index contributed by atoms with van der Waals surface area (Å²) in [6.45, 7) is 1.40. The zero-order valence-electron chi connectivity index (χ0n) is 15.2. The Hall–Kier alpha value is -2.92. The number of likely N-dealkylation sites (tertiary alicyclic amines) is 1. The average Bonchev–Trinajstić information content (AvgIpc) is 3.13. The Balaban J connectivity index is 1.72. The topological polar surface area (TPSA) is 58.4 Å². The lowest BCUT2D eigenvalue weighted by molar-refractivity contribution is -0.144. The number of hydrogen-bond acceptors (Lipinski definition) is 3. The molecule has 0 amide bonds. The third kappa shape index (κ3) is 3.78. The summed E-state index contributed by atoms with van der Waals surface area (Å²) in [5.74, 6) is -0.730. The first-order chi connectivity index (χ1) is 13.2. The van der Waals surface area contributed by atoms with Crippen LogP contribution in [0.3, 0.4) is 0 Å². The molecule has 1 aliphatic rings. The molecule has 27 heavy (non-hydrogen) atoms. The molecule has 0 aliphatic carbocycles. The van der Waals surface area contributed by atoms with E-state index >= 15 is 0 Å². The van der Waals surface area contributed by atoms with E-state index < -0.39 is 12.0 Å². The van der Waals surface area contributed by atoms with Gasteiger partial charge in [-0.15, -0.1) is 0 Å². The number of para-hydroxylation sites is 1. The molecule has 5 nitrogen and oxygen atoms in total. The normalized spacial score (nSPS) is 17.7. The molecule has 2 aromatic carbocycles. The number of benzene rings is 2. The van der Waals surface area contributed by atoms with Crippen LogP contribution in [0.1, 0.15) is 24.8 Å². The van der Waals surface area contributed by atoms with Crippen LogP contribution in [0.5, 0.6) is 0 Å². The van der Waals surface area contributed by atoms with Crippen LogP contribution in [0, 0.1) is 0 Å². The molecule has 138 valence electrons. The molecule has 1 atom stereocenters. The lowest BCUT2D eigenvalue weighted by Crippen LogP contribution is -2.44. The maximum atomic E-state index is 11.7. The summed E-state index contributed by atoms with van der Waals surface area (Å²) in [7, 11) is 0. The molecule has 0 spiro atoms. The molecular weight excluding hydrogens is 338 g/mol. The Morgan fingerprint density at radius 3 is 2.44 bits per heavy atom. The van der Waals surface area contributed by atoms with E-state index in [9.17, 15) is 9.90 Å². The third-order valence-electron chi connectivity index (χ3n) is 5.13. The van der Waals surface area contributed by atoms with Crippen molar-refractivity contribution in [2.75, 3.05) is 6.54 Å². The Bertz CT molecular complexity index is 906. The van der Waals surface area contributed by atoms with Gasteiger partial charge in [-0.25, -0.2) is 4.68 Å². The largest absolute Gasteiger partial charge is 0.480 e. The molecule has 4 rings (SSSR count). The van der Waals surface area contributed by atoms with Gasteiger partial charge >= 0.3 is 5.97 Å². The van der Waals surface area contributed by atoms with Gasteiger partial charge in [-0.05, 0) is 31.5 Å². The van der Waals surface area contributed by atoms with E-state index in [1.165, 1.54) is 0 Å². The number of aliphatic carboxylic acids is 1. The predicted octanol–water partition coefficient (Wildman–Crippen LogP) is 3.98. The van der Waals surface area contributed by atoms with Crippen LogP contribution in [-0.2, 0) is 11.3 Å². The fourth-order valence-electron chi connectivity index (χ4n) is 3.76. The van der Waals surface area contributed by atoms with E-state index in [1.807, 2.05) is 71.5 Å². The van der Waals surface area contributed by atoms with Gasteiger partial charge in [0.15, 0.2) is 0 Å². The molecule has 0 bridgehead atoms. The van der Waals surface area contributed by atoms with Gasteiger partial charge in [0, 0.05) is 23.9 Å². The number of nitrogens with zero attached hydrogens (tertiary/aromatic N) is 3. The maximum absolute atomic E-state index is 11.7. The minimum absolute atomic E-state index is 0.414. The third-order valence-corrected chi connectivity index (χ3v) is 5.13. The number of carboxylic acid groups (broad SMARTS) is 1. The van der Waals surface area contributed by atoms with Gasteiger partial charge in [-0.3, -0.25) is 9.69 Å². The first-order valence-electron chi connectivity index (χ1n) is 9.38. The molecule has 2 heterocycles. The summed E-state index contributed by atoms with van der Waals surface area (Å²) < 4.78 is 1.89. The van der Waals surface area contributed by atoms with Gasteiger partial charge in [0.25, 0.3) is 0 Å². The zero-order chi connectivity index (χ0) is 18.6. The van der Waals surface area contributed by atoms with E-state index in [0.717, 1.165) is 41.9 Å². The van der Waals surface area contributed by atoms with Gasteiger partial charge in [0.05, 0.1) is 11.4 Å². The highest BCUT2D eigenvalue weighted by Gasteiger charge is 2.29. The van der Waals surface area contributed by atoms with E-state index in [4.69, 9.17) is 5.10 Å². The van der Waals surface area contributed by atoms with Crippen LogP contribution < -0.4 is 0 Å². The van der Waals surface area contributed by atoms with Crippen molar-refractivity contribution in [1.29, 1.82) is 0 Å². The van der Waals surface area contributed by atoms with Crippen molar-refractivity contribution in [1.82, 2.24) is 14.7 Å². The standard InChI is InChI=1S/C22H23N3O2/c26-22(27)20-13-7-8-14-24(20)15-18-16-25(19-11-5-2-6-12-19)23-21(18)17-9-3-1-4-10-17/h1-6,9-12,16,20H,7-8,13-15H2,(H,26,27). The maximum Gasteiger partial charge on any atom is 0.320 e. The first kappa shape index (κ1) is 17.5. The zero-order valence-corrected chi connectivity index (χ0v) is 15.2. The van der Waals surface area contributed by atoms with Crippen molar-refractivity contribution in [3.63, 3.8) is 0 Å². The summed E-state index contributed by atoms with van der Waals surface area (Å²) in [5, 5.41) is 14.4. The highest BCUT2D eigenvalue weighted by Crippen LogP contribution is 2.27. The van der Waals surface area contributed by atoms with Crippen LogP contribution in [0.2, 0.25) is 0 Å². The number of aromatic nitrogens is 2. The predicted molar refractivity (Wildman–Crippen MR) is 105 cm³/mol. The van der Waals surface area contributed by atoms with Crippen LogP contribution in [0.15, 0.2) is 66.9 Å². The van der Waals surface area contributed by atoms with E-state index in [1.54, 1.807) is 0 Å². The van der Waals surface area contributed by atoms with Gasteiger partial charge in [-0.1, -0.05) is 55.0 Å². The van der Waals surface area contributed by atoms with Gasteiger partial charge in [0.1, 0.15) is 6.04 Å². The molecule has 1 saturated heterocycles. The summed E-state index contributed by atoms with van der Waals surface area (Å²) in [4.78, 5) is 13.7. The molecule has 0 saturated carbocycles. The smallest absolute Gasteiger partial charge is 0.320 e. The molecule has 0 radical (unpaired) electrons. The van der Waals surface area contributed by atoms with Crippen molar-refractivity contribution < 1.29 is 9.90 Å². The molecule has 1 N–H and O–H groups in total. The van der Waals surface area contributed by atoms with Crippen molar-refractivity contribution >= 4 is 5.97 Å². The van der Waals surface area contributed by atoms with Crippen molar-refractivity contribution in [3.8, 4) is 16.9 Å². The Morgan fingerprint density at radius 1 is 1.04 bits per heavy atom. The molecule has 1 fully saturated rings. The van der Waals surface area contributed by atoms with Crippen LogP contribution in [0.4, 0.5) is 0 Å². The molecule has 1 unspecified atom stereocenters. The Morgan fingerprint density at radius 2 is 1.74 bits per heavy atom. The van der Waals surface area contributed by atoms with Crippen LogP contribution in [0.25, 0.3) is 16.9 Å². The fourth-order valence-corrected chi connectivity index (χ4v) is 3.76. The highest BCUT2D eigenvalue weighted by molar-refractivity contribution is 5.73. The van der Waals surface area contributed by atoms with Crippen LogP contribution in [-0.4, -0.2) is 38.3 Å². The fraction of sp³-hybridized carbons (Fsp3) is 0.273. The summed E-state index contributed by atoms with van der Waals surface area (Å²) in [5.41, 5.74) is 4.01. The summed E-state index contributed by atoms with van der Waals surface area (Å²) in [6, 6.07) is 19.7. The van der Waals surface area contributed by atoms with Crippen LogP contribution >= 0.6 is 0 Å². The number of carboxylic acids is 1. The van der Waals surface area contributed by atoms with E-state index in [0.29, 0.717) is 13.0 Å². The number of hydrogen-bond donors (Lipinski definition) is 1. The number of carbonyl (C=O) groups is 1. The monoisotopic (exact) mass is 361 g/mol. The van der Waals surface area contributed by atoms with Crippen molar-refractivity contribution in [3.05, 3.63) is 72.4 Å². The number of piperidine rings is 1. The van der Waals surface area contributed by atoms with E-state index in [-0.39, 0.29) is 0 Å². The SMILES string of the molecule is O=C(O)C1CCCCN1Cc1cn(-c2ccccc2)nc1-c1ccccc1. The lowest BCUT2D eigenvalue weighted by atomic mass is 10.0. The second kappa shape index (κ2) is 7.76. The van der Waals surface area contributed by atoms with Gasteiger partial charge in [-0.2, -0.15) is 5.10 Å². The summed E-state index contributed by atoms with van der Waals surface area (Å²) >= 11 is 0. The van der Waals surface area contributed by atoms with E-state index in [2.05, 4.69) is 4.90 Å². The second-order valence-electron chi connectivity index (χ2n) is 6.97. The van der Waals surface area contributed by atoms with Crippen molar-refractivity contribution in [2.45, 2.75) is 31.8 Å². The molecule has 3 aromatic rings. The minimum atomic E-state index is -0.730. The average molecular weight is 361 g/mol.